The van der Waals surface area contributed by atoms with E-state index in [0.717, 1.165) is 5.92 Å². The first-order valence-corrected chi connectivity index (χ1v) is 7.48. The van der Waals surface area contributed by atoms with Crippen LogP contribution in [0.3, 0.4) is 0 Å². The monoisotopic (exact) mass is 245 g/mol. The molecular formula is C17H27N. The molecule has 1 heteroatoms. The Bertz CT molecular complexity index is 352. The van der Waals surface area contributed by atoms with E-state index in [2.05, 4.69) is 50.5 Å². The Hall–Kier alpha value is -0.820. The molecule has 2 rings (SSSR count). The molecular weight excluding hydrogens is 218 g/mol. The lowest BCUT2D eigenvalue weighted by atomic mass is 9.89. The number of nitrogens with one attached hydrogen (secondary N) is 1. The van der Waals surface area contributed by atoms with Gasteiger partial charge in [0.25, 0.3) is 0 Å². The summed E-state index contributed by atoms with van der Waals surface area (Å²) in [6.07, 6.45) is 6.77. The summed E-state index contributed by atoms with van der Waals surface area (Å²) in [5, 5.41) is 3.47. The van der Waals surface area contributed by atoms with Crippen LogP contribution in [-0.2, 0) is 0 Å². The first kappa shape index (κ1) is 13.6. The Morgan fingerprint density at radius 3 is 2.33 bits per heavy atom. The summed E-state index contributed by atoms with van der Waals surface area (Å²) in [6.45, 7) is 4.52. The summed E-state index contributed by atoms with van der Waals surface area (Å²) in [7, 11) is 2.11. The van der Waals surface area contributed by atoms with Crippen molar-refractivity contribution in [2.75, 3.05) is 7.05 Å². The van der Waals surface area contributed by atoms with Crippen molar-refractivity contribution >= 4 is 0 Å². The van der Waals surface area contributed by atoms with Crippen molar-refractivity contribution in [2.45, 2.75) is 63.8 Å². The topological polar surface area (TPSA) is 12.0 Å². The molecule has 1 saturated carbocycles. The second-order valence-corrected chi connectivity index (χ2v) is 6.02. The van der Waals surface area contributed by atoms with Gasteiger partial charge in [-0.25, -0.2) is 0 Å². The average Bonchev–Trinajstić information content (AvgIpc) is 2.64. The molecule has 0 spiro atoms. The maximum absolute atomic E-state index is 3.47. The molecule has 1 aliphatic carbocycles. The van der Waals surface area contributed by atoms with Gasteiger partial charge in [0, 0.05) is 6.04 Å². The Morgan fingerprint density at radius 1 is 1.06 bits per heavy atom. The minimum absolute atomic E-state index is 0.637. The van der Waals surface area contributed by atoms with Crippen molar-refractivity contribution in [3.05, 3.63) is 35.4 Å². The van der Waals surface area contributed by atoms with E-state index in [1.165, 1.54) is 37.7 Å². The zero-order valence-corrected chi connectivity index (χ0v) is 12.1. The summed E-state index contributed by atoms with van der Waals surface area (Å²) >= 11 is 0. The molecule has 1 aromatic carbocycles. The van der Waals surface area contributed by atoms with Crippen LogP contribution in [0.5, 0.6) is 0 Å². The summed E-state index contributed by atoms with van der Waals surface area (Å²) in [6, 6.07) is 10.1. The van der Waals surface area contributed by atoms with Gasteiger partial charge in [-0.1, -0.05) is 51.0 Å². The smallest absolute Gasteiger partial charge is 0.00698 e. The van der Waals surface area contributed by atoms with Crippen LogP contribution in [0.1, 0.15) is 68.9 Å². The van der Waals surface area contributed by atoms with Gasteiger partial charge < -0.3 is 5.32 Å². The SMILES string of the molecule is CNC1CCCCC(c2ccc(C(C)C)cc2)C1. The van der Waals surface area contributed by atoms with Gasteiger partial charge in [-0.05, 0) is 49.3 Å². The first-order valence-electron chi connectivity index (χ1n) is 7.48. The molecule has 1 nitrogen and oxygen atoms in total. The van der Waals surface area contributed by atoms with E-state index >= 15 is 0 Å². The molecule has 0 aromatic heterocycles. The zero-order chi connectivity index (χ0) is 13.0. The highest BCUT2D eigenvalue weighted by Gasteiger charge is 2.20. The average molecular weight is 245 g/mol. The normalized spacial score (nSPS) is 25.1. The molecule has 100 valence electrons. The van der Waals surface area contributed by atoms with Gasteiger partial charge in [-0.3, -0.25) is 0 Å². The summed E-state index contributed by atoms with van der Waals surface area (Å²) in [5.41, 5.74) is 3.00. The number of hydrogen-bond donors (Lipinski definition) is 1. The van der Waals surface area contributed by atoms with Crippen LogP contribution >= 0.6 is 0 Å². The molecule has 0 heterocycles. The van der Waals surface area contributed by atoms with Crippen LogP contribution in [0, 0.1) is 0 Å². The number of benzene rings is 1. The lowest BCUT2D eigenvalue weighted by Gasteiger charge is -2.20. The summed E-state index contributed by atoms with van der Waals surface area (Å²) in [4.78, 5) is 0. The van der Waals surface area contributed by atoms with Crippen molar-refractivity contribution in [3.63, 3.8) is 0 Å². The molecule has 0 bridgehead atoms. The van der Waals surface area contributed by atoms with E-state index in [0.29, 0.717) is 12.0 Å². The molecule has 2 unspecified atom stereocenters. The minimum Gasteiger partial charge on any atom is -0.317 e. The molecule has 1 aliphatic rings. The van der Waals surface area contributed by atoms with Crippen molar-refractivity contribution in [3.8, 4) is 0 Å². The van der Waals surface area contributed by atoms with Gasteiger partial charge in [0.1, 0.15) is 0 Å². The van der Waals surface area contributed by atoms with Gasteiger partial charge in [0.05, 0.1) is 0 Å². The number of hydrogen-bond acceptors (Lipinski definition) is 1. The van der Waals surface area contributed by atoms with Crippen molar-refractivity contribution in [1.82, 2.24) is 5.32 Å². The molecule has 0 saturated heterocycles. The van der Waals surface area contributed by atoms with E-state index in [9.17, 15) is 0 Å². The second-order valence-electron chi connectivity index (χ2n) is 6.02. The van der Waals surface area contributed by atoms with Gasteiger partial charge in [-0.15, -0.1) is 0 Å². The van der Waals surface area contributed by atoms with Gasteiger partial charge in [0.15, 0.2) is 0 Å². The zero-order valence-electron chi connectivity index (χ0n) is 12.1. The maximum atomic E-state index is 3.47. The van der Waals surface area contributed by atoms with E-state index in [1.807, 2.05) is 0 Å². The van der Waals surface area contributed by atoms with Crippen LogP contribution in [-0.4, -0.2) is 13.1 Å². The first-order chi connectivity index (χ1) is 8.70. The highest BCUT2D eigenvalue weighted by molar-refractivity contribution is 5.27. The van der Waals surface area contributed by atoms with E-state index < -0.39 is 0 Å². The van der Waals surface area contributed by atoms with Crippen LogP contribution in [0.4, 0.5) is 0 Å². The van der Waals surface area contributed by atoms with E-state index in [-0.39, 0.29) is 0 Å². The fourth-order valence-corrected chi connectivity index (χ4v) is 3.08. The van der Waals surface area contributed by atoms with Crippen LogP contribution in [0.25, 0.3) is 0 Å². The lowest BCUT2D eigenvalue weighted by Crippen LogP contribution is -2.25. The van der Waals surface area contributed by atoms with Crippen molar-refractivity contribution < 1.29 is 0 Å². The third-order valence-corrected chi connectivity index (χ3v) is 4.41. The Balaban J connectivity index is 2.09. The Kier molecular flexibility index (Phi) is 4.82. The molecule has 0 radical (unpaired) electrons. The Morgan fingerprint density at radius 2 is 1.72 bits per heavy atom. The lowest BCUT2D eigenvalue weighted by molar-refractivity contribution is 0.471. The summed E-state index contributed by atoms with van der Waals surface area (Å²) in [5.74, 6) is 1.39. The molecule has 18 heavy (non-hydrogen) atoms. The second kappa shape index (κ2) is 6.38. The van der Waals surface area contributed by atoms with Crippen molar-refractivity contribution in [2.24, 2.45) is 0 Å². The highest BCUT2D eigenvalue weighted by atomic mass is 14.9. The van der Waals surface area contributed by atoms with Gasteiger partial charge in [-0.2, -0.15) is 0 Å². The fraction of sp³-hybridized carbons (Fsp3) is 0.647. The number of rotatable bonds is 3. The maximum Gasteiger partial charge on any atom is 0.00698 e. The third-order valence-electron chi connectivity index (χ3n) is 4.41. The molecule has 1 fully saturated rings. The molecule has 1 N–H and O–H groups in total. The van der Waals surface area contributed by atoms with Crippen molar-refractivity contribution in [1.29, 1.82) is 0 Å². The van der Waals surface area contributed by atoms with Crippen LogP contribution in [0.15, 0.2) is 24.3 Å². The van der Waals surface area contributed by atoms with Crippen LogP contribution in [0.2, 0.25) is 0 Å². The molecule has 2 atom stereocenters. The molecule has 0 amide bonds. The predicted molar refractivity (Wildman–Crippen MR) is 79.2 cm³/mol. The highest BCUT2D eigenvalue weighted by Crippen LogP contribution is 2.32. The Labute approximate surface area is 112 Å². The quantitative estimate of drug-likeness (QED) is 0.776. The van der Waals surface area contributed by atoms with Gasteiger partial charge >= 0.3 is 0 Å². The van der Waals surface area contributed by atoms with Crippen LogP contribution < -0.4 is 5.32 Å². The summed E-state index contributed by atoms with van der Waals surface area (Å²) < 4.78 is 0. The fourth-order valence-electron chi connectivity index (χ4n) is 3.08. The standard InChI is InChI=1S/C17H27N/c1-13(2)14-8-10-15(11-9-14)16-6-4-5-7-17(12-16)18-3/h8-11,13,16-18H,4-7,12H2,1-3H3. The van der Waals surface area contributed by atoms with E-state index in [4.69, 9.17) is 0 Å². The van der Waals surface area contributed by atoms with E-state index in [1.54, 1.807) is 5.56 Å². The predicted octanol–water partition coefficient (Wildman–Crippen LogP) is 4.45. The molecule has 1 aromatic rings. The largest absolute Gasteiger partial charge is 0.317 e. The minimum atomic E-state index is 0.637. The van der Waals surface area contributed by atoms with Gasteiger partial charge in [0.2, 0.25) is 0 Å². The molecule has 0 aliphatic heterocycles. The third kappa shape index (κ3) is 3.35.